The van der Waals surface area contributed by atoms with Gasteiger partial charge in [-0.25, -0.2) is 4.79 Å². The van der Waals surface area contributed by atoms with Gasteiger partial charge in [-0.15, -0.1) is 0 Å². The maximum absolute atomic E-state index is 12.7. The minimum atomic E-state index is -1.15. The van der Waals surface area contributed by atoms with Crippen molar-refractivity contribution in [2.45, 2.75) is 26.3 Å². The molecule has 0 saturated carbocycles. The van der Waals surface area contributed by atoms with Crippen LogP contribution in [-0.4, -0.2) is 40.3 Å². The Bertz CT molecular complexity index is 723. The summed E-state index contributed by atoms with van der Waals surface area (Å²) in [5.74, 6) is -2.26. The van der Waals surface area contributed by atoms with Crippen LogP contribution in [0, 0.1) is 5.92 Å². The van der Waals surface area contributed by atoms with Gasteiger partial charge in [-0.2, -0.15) is 4.99 Å². The molecule has 2 amide bonds. The second kappa shape index (κ2) is 6.69. The number of aliphatic imine (C=N–C) groups is 1. The van der Waals surface area contributed by atoms with Crippen LogP contribution >= 0.6 is 0 Å². The number of benzene rings is 1. The number of hydrogen-bond acceptors (Lipinski definition) is 3. The predicted octanol–water partition coefficient (Wildman–Crippen LogP) is 0.728. The summed E-state index contributed by atoms with van der Waals surface area (Å²) in [5.41, 5.74) is 11.1. The molecule has 1 heterocycles. The van der Waals surface area contributed by atoms with Crippen LogP contribution in [0.3, 0.4) is 0 Å². The monoisotopic (exact) mass is 332 g/mol. The molecular weight excluding hydrogens is 312 g/mol. The smallest absolute Gasteiger partial charge is 0.336 e. The first-order valence-corrected chi connectivity index (χ1v) is 7.52. The third kappa shape index (κ3) is 3.37. The Labute approximate surface area is 139 Å². The van der Waals surface area contributed by atoms with Gasteiger partial charge in [-0.1, -0.05) is 19.9 Å². The van der Waals surface area contributed by atoms with Crippen molar-refractivity contribution in [2.24, 2.45) is 22.4 Å². The number of guanidine groups is 1. The maximum atomic E-state index is 12.7. The summed E-state index contributed by atoms with van der Waals surface area (Å²) in [6.45, 7) is 4.26. The molecule has 1 unspecified atom stereocenters. The number of rotatable bonds is 5. The summed E-state index contributed by atoms with van der Waals surface area (Å²) in [6.07, 6.45) is -0.173. The van der Waals surface area contributed by atoms with Gasteiger partial charge in [0.15, 0.2) is 5.96 Å². The quantitative estimate of drug-likeness (QED) is 0.536. The summed E-state index contributed by atoms with van der Waals surface area (Å²) >= 11 is 0. The highest BCUT2D eigenvalue weighted by Crippen LogP contribution is 2.39. The van der Waals surface area contributed by atoms with Crippen LogP contribution in [-0.2, 0) is 4.79 Å². The van der Waals surface area contributed by atoms with Crippen molar-refractivity contribution >= 4 is 23.7 Å². The molecule has 8 heteroatoms. The van der Waals surface area contributed by atoms with Crippen LogP contribution in [0.5, 0.6) is 0 Å². The molecule has 1 aliphatic heterocycles. The first-order valence-electron chi connectivity index (χ1n) is 7.52. The molecule has 0 fully saturated rings. The number of amides is 2. The number of hydrogen-bond donors (Lipinski definition) is 3. The molecule has 24 heavy (non-hydrogen) atoms. The van der Waals surface area contributed by atoms with Gasteiger partial charge in [0.25, 0.3) is 11.8 Å². The lowest BCUT2D eigenvalue weighted by Crippen LogP contribution is -2.33. The van der Waals surface area contributed by atoms with Crippen molar-refractivity contribution in [1.29, 1.82) is 0 Å². The number of carboxylic acid groups (broad SMARTS) is 1. The van der Waals surface area contributed by atoms with Crippen molar-refractivity contribution in [1.82, 2.24) is 4.90 Å². The van der Waals surface area contributed by atoms with E-state index in [1.54, 1.807) is 6.07 Å². The highest BCUT2D eigenvalue weighted by Gasteiger charge is 2.40. The molecule has 0 spiro atoms. The van der Waals surface area contributed by atoms with Gasteiger partial charge in [0.2, 0.25) is 0 Å². The lowest BCUT2D eigenvalue weighted by atomic mass is 9.95. The number of nitrogens with zero attached hydrogens (tertiary/aromatic N) is 2. The minimum absolute atomic E-state index is 0.00889. The molecule has 1 aromatic carbocycles. The van der Waals surface area contributed by atoms with E-state index in [0.717, 1.165) is 0 Å². The van der Waals surface area contributed by atoms with Gasteiger partial charge in [0.05, 0.1) is 18.0 Å². The largest absolute Gasteiger partial charge is 0.478 e. The first kappa shape index (κ1) is 17.5. The van der Waals surface area contributed by atoms with Crippen molar-refractivity contribution in [3.05, 3.63) is 34.9 Å². The fourth-order valence-electron chi connectivity index (χ4n) is 2.92. The third-order valence-electron chi connectivity index (χ3n) is 3.72. The van der Waals surface area contributed by atoms with E-state index >= 15 is 0 Å². The first-order chi connectivity index (χ1) is 11.2. The molecule has 128 valence electrons. The summed E-state index contributed by atoms with van der Waals surface area (Å²) < 4.78 is 0. The highest BCUT2D eigenvalue weighted by atomic mass is 16.4. The van der Waals surface area contributed by atoms with Gasteiger partial charge in [0, 0.05) is 17.7 Å². The Morgan fingerprint density at radius 3 is 2.54 bits per heavy atom. The Morgan fingerprint density at radius 1 is 1.33 bits per heavy atom. The minimum Gasteiger partial charge on any atom is -0.478 e. The molecule has 1 aromatic rings. The van der Waals surface area contributed by atoms with E-state index in [9.17, 15) is 19.5 Å². The Kier molecular flexibility index (Phi) is 4.87. The fraction of sp³-hybridized carbons (Fsp3) is 0.375. The molecule has 1 aliphatic rings. The lowest BCUT2D eigenvalue weighted by molar-refractivity contribution is -0.118. The molecular formula is C16H20N4O4. The zero-order chi connectivity index (χ0) is 18.0. The zero-order valence-electron chi connectivity index (χ0n) is 13.5. The molecule has 2 rings (SSSR count). The average Bonchev–Trinajstić information content (AvgIpc) is 2.71. The van der Waals surface area contributed by atoms with Gasteiger partial charge < -0.3 is 21.5 Å². The maximum Gasteiger partial charge on any atom is 0.336 e. The summed E-state index contributed by atoms with van der Waals surface area (Å²) in [7, 11) is 0. The van der Waals surface area contributed by atoms with Crippen LogP contribution in [0.15, 0.2) is 23.2 Å². The number of carboxylic acids is 1. The Hall–Kier alpha value is -2.90. The van der Waals surface area contributed by atoms with Crippen molar-refractivity contribution < 1.29 is 19.5 Å². The van der Waals surface area contributed by atoms with Crippen molar-refractivity contribution in [2.75, 3.05) is 6.54 Å². The fourth-order valence-corrected chi connectivity index (χ4v) is 2.92. The second-order valence-electron chi connectivity index (χ2n) is 6.07. The van der Waals surface area contributed by atoms with Crippen molar-refractivity contribution in [3.63, 3.8) is 0 Å². The SMILES string of the molecule is CC(C)CN1C(=O)c2cccc(C(=O)O)c2C1CC(=O)N=C(N)N. The number of aromatic carboxylic acids is 1. The Balaban J connectivity index is 2.51. The molecule has 0 aromatic heterocycles. The van der Waals surface area contributed by atoms with Crippen LogP contribution in [0.25, 0.3) is 0 Å². The number of carbonyl (C=O) groups excluding carboxylic acids is 2. The lowest BCUT2D eigenvalue weighted by Gasteiger charge is -2.26. The predicted molar refractivity (Wildman–Crippen MR) is 87.5 cm³/mol. The highest BCUT2D eigenvalue weighted by molar-refractivity contribution is 6.04. The van der Waals surface area contributed by atoms with E-state index in [2.05, 4.69) is 4.99 Å². The summed E-state index contributed by atoms with van der Waals surface area (Å²) in [6, 6.07) is 3.82. The second-order valence-corrected chi connectivity index (χ2v) is 6.07. The van der Waals surface area contributed by atoms with Crippen LogP contribution < -0.4 is 11.5 Å². The van der Waals surface area contributed by atoms with E-state index in [1.165, 1.54) is 17.0 Å². The normalized spacial score (nSPS) is 16.2. The average molecular weight is 332 g/mol. The van der Waals surface area contributed by atoms with Crippen LogP contribution in [0.2, 0.25) is 0 Å². The number of carbonyl (C=O) groups is 3. The van der Waals surface area contributed by atoms with E-state index in [4.69, 9.17) is 11.5 Å². The zero-order valence-corrected chi connectivity index (χ0v) is 13.5. The molecule has 0 saturated heterocycles. The molecule has 0 aliphatic carbocycles. The third-order valence-corrected chi connectivity index (χ3v) is 3.72. The molecule has 0 radical (unpaired) electrons. The van der Waals surface area contributed by atoms with Crippen LogP contribution in [0.1, 0.15) is 52.6 Å². The van der Waals surface area contributed by atoms with Crippen LogP contribution in [0.4, 0.5) is 0 Å². The standard InChI is InChI=1S/C16H20N4O4/c1-8(2)7-20-11(6-12(21)19-16(17)18)13-9(14(20)22)4-3-5-10(13)15(23)24/h3-5,8,11H,6-7H2,1-2H3,(H,23,24)(H4,17,18,19,21). The molecule has 5 N–H and O–H groups in total. The van der Waals surface area contributed by atoms with E-state index in [1.807, 2.05) is 13.8 Å². The molecule has 0 bridgehead atoms. The Morgan fingerprint density at radius 2 is 2.00 bits per heavy atom. The van der Waals surface area contributed by atoms with E-state index < -0.39 is 17.9 Å². The van der Waals surface area contributed by atoms with Gasteiger partial charge in [-0.3, -0.25) is 9.59 Å². The number of nitrogens with two attached hydrogens (primary N) is 2. The number of fused-ring (bicyclic) bond motifs is 1. The summed E-state index contributed by atoms with van der Waals surface area (Å²) in [5, 5.41) is 9.42. The van der Waals surface area contributed by atoms with Gasteiger partial charge in [0.1, 0.15) is 0 Å². The van der Waals surface area contributed by atoms with E-state index in [-0.39, 0.29) is 29.8 Å². The van der Waals surface area contributed by atoms with Gasteiger partial charge in [-0.05, 0) is 18.1 Å². The molecule has 1 atom stereocenters. The summed E-state index contributed by atoms with van der Waals surface area (Å²) in [4.78, 5) is 41.2. The van der Waals surface area contributed by atoms with E-state index in [0.29, 0.717) is 17.7 Å². The topological polar surface area (TPSA) is 139 Å². The van der Waals surface area contributed by atoms with Gasteiger partial charge >= 0.3 is 5.97 Å². The molecule has 8 nitrogen and oxygen atoms in total. The van der Waals surface area contributed by atoms with Crippen molar-refractivity contribution in [3.8, 4) is 0 Å².